The highest BCUT2D eigenvalue weighted by Gasteiger charge is 2.24. The van der Waals surface area contributed by atoms with Crippen LogP contribution >= 0.6 is 0 Å². The highest BCUT2D eigenvalue weighted by molar-refractivity contribution is 6.13. The third-order valence-corrected chi connectivity index (χ3v) is 5.19. The molecule has 1 aliphatic heterocycles. The van der Waals surface area contributed by atoms with Crippen molar-refractivity contribution in [1.29, 1.82) is 0 Å². The molecule has 0 radical (unpaired) electrons. The van der Waals surface area contributed by atoms with Crippen molar-refractivity contribution in [3.8, 4) is 11.5 Å². The molecule has 0 aliphatic carbocycles. The molecule has 0 fully saturated rings. The first kappa shape index (κ1) is 25.1. The van der Waals surface area contributed by atoms with Gasteiger partial charge in [0.15, 0.2) is 17.2 Å². The number of carbonyl (C=O) groups is 2. The molecule has 0 atom stereocenters. The van der Waals surface area contributed by atoms with E-state index in [-0.39, 0.29) is 29.8 Å². The molecule has 0 saturated carbocycles. The lowest BCUT2D eigenvalue weighted by atomic mass is 10.1. The number of esters is 1. The standard InChI is InChI=1S/C27H23N3O7/c1-3-35-25-15-19(6-13-24(25)36-16-18-4-11-22(12-5-18)30(33)34)14-23-27(32)37-26(29-23)20-7-9-21(10-8-20)28-17(2)31/h4-15H,3,16H2,1-2H3,(H,28,31)/b23-14-. The van der Waals surface area contributed by atoms with Gasteiger partial charge in [-0.05, 0) is 72.7 Å². The lowest BCUT2D eigenvalue weighted by Crippen LogP contribution is -2.07. The average molecular weight is 501 g/mol. The minimum atomic E-state index is -0.586. The maximum absolute atomic E-state index is 12.4. The van der Waals surface area contributed by atoms with E-state index < -0.39 is 10.9 Å². The molecule has 0 spiro atoms. The summed E-state index contributed by atoms with van der Waals surface area (Å²) in [6.45, 7) is 3.85. The predicted octanol–water partition coefficient (Wildman–Crippen LogP) is 4.88. The molecule has 3 aromatic carbocycles. The van der Waals surface area contributed by atoms with Gasteiger partial charge in [-0.3, -0.25) is 14.9 Å². The Labute approximate surface area is 212 Å². The van der Waals surface area contributed by atoms with E-state index in [0.29, 0.717) is 34.9 Å². The Morgan fingerprint density at radius 3 is 2.43 bits per heavy atom. The molecule has 1 aliphatic rings. The van der Waals surface area contributed by atoms with Crippen molar-refractivity contribution in [2.45, 2.75) is 20.5 Å². The van der Waals surface area contributed by atoms with Gasteiger partial charge in [0.05, 0.1) is 11.5 Å². The zero-order valence-corrected chi connectivity index (χ0v) is 20.1. The summed E-state index contributed by atoms with van der Waals surface area (Å²) >= 11 is 0. The third-order valence-electron chi connectivity index (χ3n) is 5.19. The van der Waals surface area contributed by atoms with Crippen LogP contribution < -0.4 is 14.8 Å². The first-order valence-electron chi connectivity index (χ1n) is 11.4. The number of nitrogens with zero attached hydrogens (tertiary/aromatic N) is 2. The van der Waals surface area contributed by atoms with Crippen LogP contribution in [0.25, 0.3) is 6.08 Å². The zero-order valence-electron chi connectivity index (χ0n) is 20.1. The fourth-order valence-corrected chi connectivity index (χ4v) is 3.47. The van der Waals surface area contributed by atoms with Gasteiger partial charge in [-0.15, -0.1) is 0 Å². The number of hydrogen-bond acceptors (Lipinski definition) is 8. The van der Waals surface area contributed by atoms with Gasteiger partial charge in [0.25, 0.3) is 5.69 Å². The van der Waals surface area contributed by atoms with E-state index in [1.165, 1.54) is 19.1 Å². The van der Waals surface area contributed by atoms with E-state index in [1.54, 1.807) is 60.7 Å². The molecule has 3 aromatic rings. The fraction of sp³-hybridized carbons (Fsp3) is 0.148. The van der Waals surface area contributed by atoms with Crippen LogP contribution in [0.2, 0.25) is 0 Å². The first-order valence-corrected chi connectivity index (χ1v) is 11.4. The highest BCUT2D eigenvalue weighted by Crippen LogP contribution is 2.31. The summed E-state index contributed by atoms with van der Waals surface area (Å²) in [7, 11) is 0. The van der Waals surface area contributed by atoms with Gasteiger partial charge in [0.1, 0.15) is 6.61 Å². The Morgan fingerprint density at radius 2 is 1.78 bits per heavy atom. The third kappa shape index (κ3) is 6.37. The second-order valence-corrected chi connectivity index (χ2v) is 7.95. The smallest absolute Gasteiger partial charge is 0.363 e. The number of benzene rings is 3. The topological polar surface area (TPSA) is 129 Å². The van der Waals surface area contributed by atoms with Crippen LogP contribution in [-0.4, -0.2) is 29.3 Å². The van der Waals surface area contributed by atoms with Gasteiger partial charge in [-0.2, -0.15) is 0 Å². The number of cyclic esters (lactones) is 1. The molecule has 10 heteroatoms. The lowest BCUT2D eigenvalue weighted by Gasteiger charge is -2.13. The second-order valence-electron chi connectivity index (χ2n) is 7.95. The minimum absolute atomic E-state index is 0.00871. The molecule has 0 bridgehead atoms. The quantitative estimate of drug-likeness (QED) is 0.192. The van der Waals surface area contributed by atoms with E-state index >= 15 is 0 Å². The van der Waals surface area contributed by atoms with Gasteiger partial charge in [-0.25, -0.2) is 9.79 Å². The monoisotopic (exact) mass is 501 g/mol. The zero-order chi connectivity index (χ0) is 26.4. The number of amides is 1. The molecule has 0 aromatic heterocycles. The maximum Gasteiger partial charge on any atom is 0.363 e. The van der Waals surface area contributed by atoms with Crippen molar-refractivity contribution in [3.05, 3.63) is 99.2 Å². The Morgan fingerprint density at radius 1 is 1.05 bits per heavy atom. The van der Waals surface area contributed by atoms with Crippen molar-refractivity contribution >= 4 is 35.2 Å². The van der Waals surface area contributed by atoms with Crippen LogP contribution in [0.1, 0.15) is 30.5 Å². The fourth-order valence-electron chi connectivity index (χ4n) is 3.47. The van der Waals surface area contributed by atoms with E-state index in [4.69, 9.17) is 14.2 Å². The van der Waals surface area contributed by atoms with Crippen LogP contribution in [0.15, 0.2) is 77.4 Å². The summed E-state index contributed by atoms with van der Waals surface area (Å²) in [6.07, 6.45) is 1.59. The molecule has 1 N–H and O–H groups in total. The summed E-state index contributed by atoms with van der Waals surface area (Å²) in [5.74, 6) is 0.357. The molecule has 0 saturated heterocycles. The molecular formula is C27H23N3O7. The second kappa shape index (κ2) is 11.2. The molecule has 4 rings (SSSR count). The number of nitro benzene ring substituents is 1. The van der Waals surface area contributed by atoms with Crippen molar-refractivity contribution in [3.63, 3.8) is 0 Å². The van der Waals surface area contributed by atoms with Crippen molar-refractivity contribution < 1.29 is 28.7 Å². The van der Waals surface area contributed by atoms with Crippen molar-refractivity contribution in [2.24, 2.45) is 4.99 Å². The highest BCUT2D eigenvalue weighted by atomic mass is 16.6. The summed E-state index contributed by atoms with van der Waals surface area (Å²) in [5.41, 5.74) is 2.77. The molecule has 1 heterocycles. The molecule has 37 heavy (non-hydrogen) atoms. The molecule has 10 nitrogen and oxygen atoms in total. The summed E-state index contributed by atoms with van der Waals surface area (Å²) < 4.78 is 16.9. The average Bonchev–Trinajstić information content (AvgIpc) is 3.24. The van der Waals surface area contributed by atoms with E-state index in [0.717, 1.165) is 5.56 Å². The molecule has 1 amide bonds. The SMILES string of the molecule is CCOc1cc(/C=C2\N=C(c3ccc(NC(C)=O)cc3)OC2=O)ccc1OCc1ccc([N+](=O)[O-])cc1. The Bertz CT molecular complexity index is 1390. The number of hydrogen-bond donors (Lipinski definition) is 1. The maximum atomic E-state index is 12.4. The number of nitrogens with one attached hydrogen (secondary N) is 1. The van der Waals surface area contributed by atoms with Gasteiger partial charge >= 0.3 is 5.97 Å². The van der Waals surface area contributed by atoms with Gasteiger partial charge in [0.2, 0.25) is 11.8 Å². The molecule has 188 valence electrons. The van der Waals surface area contributed by atoms with Crippen LogP contribution in [0, 0.1) is 10.1 Å². The Kier molecular flexibility index (Phi) is 7.58. The molecular weight excluding hydrogens is 478 g/mol. The predicted molar refractivity (Wildman–Crippen MR) is 136 cm³/mol. The lowest BCUT2D eigenvalue weighted by molar-refractivity contribution is -0.384. The number of nitro groups is 1. The van der Waals surface area contributed by atoms with Gasteiger partial charge in [-0.1, -0.05) is 6.07 Å². The van der Waals surface area contributed by atoms with E-state index in [9.17, 15) is 19.7 Å². The van der Waals surface area contributed by atoms with E-state index in [2.05, 4.69) is 10.3 Å². The number of rotatable bonds is 9. The number of ether oxygens (including phenoxy) is 3. The summed E-state index contributed by atoms with van der Waals surface area (Å²) in [5, 5.41) is 13.5. The van der Waals surface area contributed by atoms with Crippen LogP contribution in [0.3, 0.4) is 0 Å². The Hall–Kier alpha value is -4.99. The van der Waals surface area contributed by atoms with Gasteiger partial charge in [0, 0.05) is 30.3 Å². The van der Waals surface area contributed by atoms with Crippen LogP contribution in [0.5, 0.6) is 11.5 Å². The van der Waals surface area contributed by atoms with Crippen LogP contribution in [0.4, 0.5) is 11.4 Å². The number of anilines is 1. The number of non-ortho nitro benzene ring substituents is 1. The first-order chi connectivity index (χ1) is 17.8. The van der Waals surface area contributed by atoms with E-state index in [1.807, 2.05) is 6.92 Å². The molecule has 0 unspecified atom stereocenters. The Balaban J connectivity index is 1.50. The summed E-state index contributed by atoms with van der Waals surface area (Å²) in [6, 6.07) is 18.1. The summed E-state index contributed by atoms with van der Waals surface area (Å²) in [4.78, 5) is 38.3. The minimum Gasteiger partial charge on any atom is -0.490 e. The van der Waals surface area contributed by atoms with Crippen molar-refractivity contribution in [1.82, 2.24) is 0 Å². The number of carbonyl (C=O) groups excluding carboxylic acids is 2. The van der Waals surface area contributed by atoms with Crippen LogP contribution in [-0.2, 0) is 20.9 Å². The largest absolute Gasteiger partial charge is 0.490 e. The van der Waals surface area contributed by atoms with Gasteiger partial charge < -0.3 is 19.5 Å². The normalized spacial score (nSPS) is 13.6. The number of aliphatic imine (C=N–C) groups is 1. The van der Waals surface area contributed by atoms with Crippen molar-refractivity contribution in [2.75, 3.05) is 11.9 Å².